The second-order valence-corrected chi connectivity index (χ2v) is 6.42. The lowest BCUT2D eigenvalue weighted by Gasteiger charge is -2.36. The maximum Gasteiger partial charge on any atom is 0.326 e. The third-order valence-electron chi connectivity index (χ3n) is 4.54. The summed E-state index contributed by atoms with van der Waals surface area (Å²) in [5.74, 6) is -0.171. The van der Waals surface area contributed by atoms with E-state index in [1.807, 2.05) is 29.2 Å². The first kappa shape index (κ1) is 19.6. The Labute approximate surface area is 163 Å². The van der Waals surface area contributed by atoms with Crippen LogP contribution in [0, 0.1) is 5.82 Å². The van der Waals surface area contributed by atoms with E-state index in [1.165, 1.54) is 18.2 Å². The highest BCUT2D eigenvalue weighted by Gasteiger charge is 2.21. The molecule has 7 nitrogen and oxygen atoms in total. The number of anilines is 2. The average Bonchev–Trinajstić information content (AvgIpc) is 2.70. The lowest BCUT2D eigenvalue weighted by atomic mass is 10.2. The van der Waals surface area contributed by atoms with Gasteiger partial charge in [0.25, 0.3) is 0 Å². The van der Waals surface area contributed by atoms with Gasteiger partial charge in [-0.1, -0.05) is 24.3 Å². The molecule has 0 bridgehead atoms. The van der Waals surface area contributed by atoms with Gasteiger partial charge < -0.3 is 15.0 Å². The minimum Gasteiger partial charge on any atom is -0.495 e. The fourth-order valence-electron chi connectivity index (χ4n) is 3.12. The molecular weight excluding hydrogens is 363 g/mol. The van der Waals surface area contributed by atoms with Gasteiger partial charge in [-0.15, -0.1) is 0 Å². The fourth-order valence-corrected chi connectivity index (χ4v) is 3.12. The zero-order valence-corrected chi connectivity index (χ0v) is 15.7. The van der Waals surface area contributed by atoms with E-state index in [2.05, 4.69) is 15.5 Å². The van der Waals surface area contributed by atoms with Crippen LogP contribution in [-0.4, -0.2) is 56.7 Å². The summed E-state index contributed by atoms with van der Waals surface area (Å²) >= 11 is 0. The molecule has 3 rings (SSSR count). The number of carbonyl (C=O) groups is 2. The lowest BCUT2D eigenvalue weighted by molar-refractivity contribution is -0.121. The highest BCUT2D eigenvalue weighted by Crippen LogP contribution is 2.28. The van der Waals surface area contributed by atoms with Gasteiger partial charge in [0.05, 0.1) is 25.0 Å². The third-order valence-corrected chi connectivity index (χ3v) is 4.54. The first-order valence-electron chi connectivity index (χ1n) is 9.02. The summed E-state index contributed by atoms with van der Waals surface area (Å²) in [6.07, 6.45) is 0. The van der Waals surface area contributed by atoms with Crippen molar-refractivity contribution in [1.29, 1.82) is 0 Å². The number of carbonyl (C=O) groups excluding carboxylic acids is 2. The molecular formula is C20H23FN4O3. The molecule has 1 heterocycles. The van der Waals surface area contributed by atoms with Gasteiger partial charge in [-0.25, -0.2) is 9.18 Å². The molecule has 28 heavy (non-hydrogen) atoms. The normalized spacial score (nSPS) is 14.4. The summed E-state index contributed by atoms with van der Waals surface area (Å²) in [4.78, 5) is 28.2. The summed E-state index contributed by atoms with van der Waals surface area (Å²) in [5, 5.41) is 4.57. The van der Waals surface area contributed by atoms with Crippen LogP contribution in [0.25, 0.3) is 0 Å². The summed E-state index contributed by atoms with van der Waals surface area (Å²) in [7, 11) is 1.64. The number of piperazine rings is 1. The maximum atomic E-state index is 13.5. The number of urea groups is 1. The summed E-state index contributed by atoms with van der Waals surface area (Å²) in [6, 6.07) is 12.9. The number of hydrogen-bond acceptors (Lipinski definition) is 5. The molecule has 1 saturated heterocycles. The minimum atomic E-state index is -0.747. The number of halogens is 1. The van der Waals surface area contributed by atoms with Crippen LogP contribution in [0.15, 0.2) is 48.5 Å². The van der Waals surface area contributed by atoms with Crippen LogP contribution < -0.4 is 20.3 Å². The largest absolute Gasteiger partial charge is 0.495 e. The standard InChI is InChI=1S/C20H23FN4O3/c1-28-18-9-5-4-8-17(18)25-12-10-24(11-13-25)14-19(26)23-20(27)22-16-7-3-2-6-15(16)21/h2-9H,10-14H2,1H3,(H2,22,23,26,27). The van der Waals surface area contributed by atoms with Crippen molar-refractivity contribution in [3.8, 4) is 5.75 Å². The van der Waals surface area contributed by atoms with Crippen molar-refractivity contribution < 1.29 is 18.7 Å². The van der Waals surface area contributed by atoms with E-state index in [0.717, 1.165) is 24.5 Å². The van der Waals surface area contributed by atoms with E-state index in [9.17, 15) is 14.0 Å². The van der Waals surface area contributed by atoms with Crippen LogP contribution in [0.4, 0.5) is 20.6 Å². The van der Waals surface area contributed by atoms with Gasteiger partial charge in [-0.05, 0) is 24.3 Å². The van der Waals surface area contributed by atoms with Gasteiger partial charge in [0.2, 0.25) is 5.91 Å². The van der Waals surface area contributed by atoms with Crippen LogP contribution in [-0.2, 0) is 4.79 Å². The molecule has 8 heteroatoms. The van der Waals surface area contributed by atoms with E-state index < -0.39 is 17.8 Å². The molecule has 2 N–H and O–H groups in total. The van der Waals surface area contributed by atoms with Gasteiger partial charge >= 0.3 is 6.03 Å². The molecule has 0 radical (unpaired) electrons. The number of amides is 3. The maximum absolute atomic E-state index is 13.5. The molecule has 0 aliphatic carbocycles. The number of benzene rings is 2. The first-order valence-corrected chi connectivity index (χ1v) is 9.02. The molecule has 0 atom stereocenters. The second-order valence-electron chi connectivity index (χ2n) is 6.42. The van der Waals surface area contributed by atoms with Crippen molar-refractivity contribution >= 4 is 23.3 Å². The fraction of sp³-hybridized carbons (Fsp3) is 0.300. The van der Waals surface area contributed by atoms with Gasteiger partial charge in [-0.3, -0.25) is 15.0 Å². The lowest BCUT2D eigenvalue weighted by Crippen LogP contribution is -2.50. The van der Waals surface area contributed by atoms with Gasteiger partial charge in [0.15, 0.2) is 0 Å². The van der Waals surface area contributed by atoms with E-state index in [-0.39, 0.29) is 12.2 Å². The zero-order chi connectivity index (χ0) is 19.9. The summed E-state index contributed by atoms with van der Waals surface area (Å²) in [6.45, 7) is 2.95. The molecule has 1 fully saturated rings. The zero-order valence-electron chi connectivity index (χ0n) is 15.7. The monoisotopic (exact) mass is 386 g/mol. The van der Waals surface area contributed by atoms with Crippen molar-refractivity contribution in [2.75, 3.05) is 50.1 Å². The van der Waals surface area contributed by atoms with E-state index in [1.54, 1.807) is 13.2 Å². The molecule has 0 saturated carbocycles. The number of ether oxygens (including phenoxy) is 1. The van der Waals surface area contributed by atoms with Crippen molar-refractivity contribution in [2.45, 2.75) is 0 Å². The van der Waals surface area contributed by atoms with Crippen molar-refractivity contribution in [3.63, 3.8) is 0 Å². The Kier molecular flexibility index (Phi) is 6.44. The van der Waals surface area contributed by atoms with Crippen LogP contribution >= 0.6 is 0 Å². The van der Waals surface area contributed by atoms with E-state index in [0.29, 0.717) is 13.1 Å². The third kappa shape index (κ3) is 4.98. The smallest absolute Gasteiger partial charge is 0.326 e. The second kappa shape index (κ2) is 9.18. The molecule has 1 aliphatic heterocycles. The molecule has 2 aromatic carbocycles. The Bertz CT molecular complexity index is 838. The van der Waals surface area contributed by atoms with Crippen LogP contribution in [0.1, 0.15) is 0 Å². The Morgan fingerprint density at radius 3 is 2.43 bits per heavy atom. The Hall–Kier alpha value is -3.13. The quantitative estimate of drug-likeness (QED) is 0.825. The predicted octanol–water partition coefficient (Wildman–Crippen LogP) is 2.30. The van der Waals surface area contributed by atoms with Gasteiger partial charge in [0.1, 0.15) is 11.6 Å². The number of nitrogens with one attached hydrogen (secondary N) is 2. The topological polar surface area (TPSA) is 73.9 Å². The van der Waals surface area contributed by atoms with Crippen LogP contribution in [0.2, 0.25) is 0 Å². The number of imide groups is 1. The molecule has 0 aromatic heterocycles. The highest BCUT2D eigenvalue weighted by molar-refractivity contribution is 6.01. The SMILES string of the molecule is COc1ccccc1N1CCN(CC(=O)NC(=O)Nc2ccccc2F)CC1. The molecule has 148 valence electrons. The van der Waals surface area contributed by atoms with Crippen LogP contribution in [0.3, 0.4) is 0 Å². The summed E-state index contributed by atoms with van der Waals surface area (Å²) in [5.41, 5.74) is 1.05. The molecule has 1 aliphatic rings. The molecule has 2 aromatic rings. The number of nitrogens with zero attached hydrogens (tertiary/aromatic N) is 2. The Morgan fingerprint density at radius 2 is 1.71 bits per heavy atom. The Morgan fingerprint density at radius 1 is 1.04 bits per heavy atom. The predicted molar refractivity (Wildman–Crippen MR) is 105 cm³/mol. The number of hydrogen-bond donors (Lipinski definition) is 2. The summed E-state index contributed by atoms with van der Waals surface area (Å²) < 4.78 is 18.9. The molecule has 0 spiro atoms. The number of methoxy groups -OCH3 is 1. The first-order chi connectivity index (χ1) is 13.6. The van der Waals surface area contributed by atoms with Gasteiger partial charge in [0, 0.05) is 26.2 Å². The van der Waals surface area contributed by atoms with Crippen molar-refractivity contribution in [3.05, 3.63) is 54.3 Å². The number of rotatable bonds is 5. The van der Waals surface area contributed by atoms with Crippen molar-refractivity contribution in [1.82, 2.24) is 10.2 Å². The van der Waals surface area contributed by atoms with Crippen LogP contribution in [0.5, 0.6) is 5.75 Å². The van der Waals surface area contributed by atoms with E-state index in [4.69, 9.17) is 4.74 Å². The van der Waals surface area contributed by atoms with Gasteiger partial charge in [-0.2, -0.15) is 0 Å². The Balaban J connectivity index is 1.46. The minimum absolute atomic E-state index is 0.0261. The number of para-hydroxylation sites is 3. The highest BCUT2D eigenvalue weighted by atomic mass is 19.1. The average molecular weight is 386 g/mol. The molecule has 3 amide bonds. The van der Waals surface area contributed by atoms with Crippen molar-refractivity contribution in [2.24, 2.45) is 0 Å². The van der Waals surface area contributed by atoms with E-state index >= 15 is 0 Å². The molecule has 0 unspecified atom stereocenters.